The summed E-state index contributed by atoms with van der Waals surface area (Å²) in [7, 11) is -3.81. The lowest BCUT2D eigenvalue weighted by Gasteiger charge is -2.32. The van der Waals surface area contributed by atoms with Gasteiger partial charge in [0.15, 0.2) is 0 Å². The van der Waals surface area contributed by atoms with Crippen molar-refractivity contribution in [3.05, 3.63) is 46.1 Å². The van der Waals surface area contributed by atoms with Crippen molar-refractivity contribution in [2.45, 2.75) is 42.9 Å². The third-order valence-corrected chi connectivity index (χ3v) is 7.74. The summed E-state index contributed by atoms with van der Waals surface area (Å²) in [6.45, 7) is 2.10. The molecule has 13 heteroatoms. The molecule has 3 aromatic rings. The van der Waals surface area contributed by atoms with Crippen LogP contribution in [0.15, 0.2) is 35.5 Å². The molecule has 0 unspecified atom stereocenters. The summed E-state index contributed by atoms with van der Waals surface area (Å²) < 4.78 is 61.1. The number of nitrogens with two attached hydrogens (primary N) is 1. The minimum absolute atomic E-state index is 0.0258. The molecule has 1 aliphatic rings. The summed E-state index contributed by atoms with van der Waals surface area (Å²) in [4.78, 5) is 11.3. The molecule has 1 saturated heterocycles. The van der Waals surface area contributed by atoms with Crippen molar-refractivity contribution in [3.63, 3.8) is 0 Å². The average Bonchev–Trinajstić information content (AvgIpc) is 3.12. The van der Waals surface area contributed by atoms with Gasteiger partial charge in [-0.3, -0.25) is 4.90 Å². The normalized spacial score (nSPS) is 16.4. The summed E-state index contributed by atoms with van der Waals surface area (Å²) in [5.41, 5.74) is 0.809. The maximum Gasteiger partial charge on any atom is 0.393 e. The molecule has 0 radical (unpaired) electrons. The van der Waals surface area contributed by atoms with Crippen molar-refractivity contribution in [1.29, 1.82) is 0 Å². The Morgan fingerprint density at radius 2 is 1.94 bits per heavy atom. The van der Waals surface area contributed by atoms with Gasteiger partial charge >= 0.3 is 6.18 Å². The molecule has 0 bridgehead atoms. The van der Waals surface area contributed by atoms with Crippen LogP contribution in [0.25, 0.3) is 10.2 Å². The number of rotatable bonds is 6. The maximum absolute atomic E-state index is 12.7. The zero-order valence-electron chi connectivity index (χ0n) is 17.3. The molecule has 4 rings (SSSR count). The summed E-state index contributed by atoms with van der Waals surface area (Å²) in [6.07, 6.45) is -2.28. The van der Waals surface area contributed by atoms with Crippen LogP contribution in [0.5, 0.6) is 0 Å². The lowest BCUT2D eigenvalue weighted by atomic mass is 10.0. The predicted molar refractivity (Wildman–Crippen MR) is 122 cm³/mol. The fourth-order valence-electron chi connectivity index (χ4n) is 3.81. The smallest absolute Gasteiger partial charge is 0.367 e. The molecule has 0 atom stereocenters. The lowest BCUT2D eigenvalue weighted by Crippen LogP contribution is -2.38. The van der Waals surface area contributed by atoms with Crippen molar-refractivity contribution in [2.24, 2.45) is 5.14 Å². The molecular weight excluding hydrogens is 499 g/mol. The van der Waals surface area contributed by atoms with Gasteiger partial charge < -0.3 is 5.32 Å². The molecular formula is C20H21ClF3N5O2S2. The van der Waals surface area contributed by atoms with E-state index in [1.807, 2.05) is 0 Å². The van der Waals surface area contributed by atoms with Gasteiger partial charge in [0.1, 0.15) is 17.0 Å². The number of thiophene rings is 1. The molecule has 2 aromatic heterocycles. The minimum Gasteiger partial charge on any atom is -0.367 e. The number of alkyl halides is 3. The first-order valence-corrected chi connectivity index (χ1v) is 12.8. The number of sulfonamides is 1. The number of fused-ring (bicyclic) bond motifs is 1. The summed E-state index contributed by atoms with van der Waals surface area (Å²) in [5, 5.41) is 9.45. The van der Waals surface area contributed by atoms with Crippen LogP contribution in [0.3, 0.4) is 0 Å². The van der Waals surface area contributed by atoms with Crippen molar-refractivity contribution in [1.82, 2.24) is 14.9 Å². The zero-order valence-corrected chi connectivity index (χ0v) is 19.7. The van der Waals surface area contributed by atoms with Crippen molar-refractivity contribution >= 4 is 49.0 Å². The highest BCUT2D eigenvalue weighted by atomic mass is 35.5. The molecule has 3 N–H and O–H groups in total. The number of hydrogen-bond donors (Lipinski definition) is 2. The largest absolute Gasteiger partial charge is 0.393 e. The Balaban J connectivity index is 1.37. The number of primary sulfonamides is 1. The van der Waals surface area contributed by atoms with Crippen LogP contribution >= 0.6 is 22.9 Å². The number of aromatic nitrogens is 2. The van der Waals surface area contributed by atoms with E-state index in [1.165, 1.54) is 24.5 Å². The van der Waals surface area contributed by atoms with Crippen molar-refractivity contribution in [2.75, 3.05) is 18.4 Å². The van der Waals surface area contributed by atoms with E-state index in [1.54, 1.807) is 6.07 Å². The highest BCUT2D eigenvalue weighted by molar-refractivity contribution is 7.89. The van der Waals surface area contributed by atoms with Gasteiger partial charge in [0.25, 0.3) is 0 Å². The first-order chi connectivity index (χ1) is 15.5. The molecule has 33 heavy (non-hydrogen) atoms. The Kier molecular flexibility index (Phi) is 6.83. The second-order valence-electron chi connectivity index (χ2n) is 7.94. The number of likely N-dealkylation sites (tertiary alicyclic amines) is 1. The van der Waals surface area contributed by atoms with Gasteiger partial charge in [0.2, 0.25) is 10.0 Å². The Hall–Kier alpha value is -1.99. The third kappa shape index (κ3) is 6.12. The SMILES string of the molecule is NS(=O)(=O)c1ccc(CN2CCC(Nc3ncnc4sc(CC(F)(F)F)cc34)CC2)c(Cl)c1. The molecule has 0 aliphatic carbocycles. The van der Waals surface area contributed by atoms with Gasteiger partial charge in [-0.2, -0.15) is 13.2 Å². The Bertz CT molecular complexity index is 1260. The van der Waals surface area contributed by atoms with Crippen LogP contribution in [0.4, 0.5) is 19.0 Å². The number of hydrogen-bond acceptors (Lipinski definition) is 7. The number of nitrogens with zero attached hydrogens (tertiary/aromatic N) is 3. The van der Waals surface area contributed by atoms with E-state index in [-0.39, 0.29) is 15.8 Å². The number of halogens is 4. The van der Waals surface area contributed by atoms with Gasteiger partial charge in [-0.25, -0.2) is 23.5 Å². The number of anilines is 1. The molecule has 0 amide bonds. The summed E-state index contributed by atoms with van der Waals surface area (Å²) in [6, 6.07) is 6.09. The molecule has 1 fully saturated rings. The van der Waals surface area contributed by atoms with E-state index in [9.17, 15) is 21.6 Å². The Labute approximate surface area is 197 Å². The molecule has 1 aliphatic heterocycles. The first kappa shape index (κ1) is 24.1. The lowest BCUT2D eigenvalue weighted by molar-refractivity contribution is -0.126. The molecule has 178 valence electrons. The van der Waals surface area contributed by atoms with Crippen molar-refractivity contribution in [3.8, 4) is 0 Å². The quantitative estimate of drug-likeness (QED) is 0.507. The Morgan fingerprint density at radius 3 is 2.58 bits per heavy atom. The van der Waals surface area contributed by atoms with E-state index in [2.05, 4.69) is 20.2 Å². The zero-order chi connectivity index (χ0) is 23.8. The fourth-order valence-corrected chi connectivity index (χ4v) is 5.68. The number of piperidine rings is 1. The molecule has 3 heterocycles. The van der Waals surface area contributed by atoms with Gasteiger partial charge in [0, 0.05) is 35.6 Å². The van der Waals surface area contributed by atoms with E-state index in [0.29, 0.717) is 27.6 Å². The van der Waals surface area contributed by atoms with Gasteiger partial charge in [0.05, 0.1) is 16.7 Å². The third-order valence-electron chi connectivity index (χ3n) is 5.43. The van der Waals surface area contributed by atoms with Gasteiger partial charge in [-0.05, 0) is 36.6 Å². The summed E-state index contributed by atoms with van der Waals surface area (Å²) >= 11 is 7.27. The standard InChI is InChI=1S/C20H21ClF3N5O2S2/c21-17-8-15(33(25,30)31)2-1-12(17)10-29-5-3-13(4-6-29)28-18-16-7-14(9-20(22,23)24)32-19(16)27-11-26-18/h1-2,7-8,11,13H,3-6,9-10H2,(H2,25,30,31)(H,26,27,28). The molecule has 0 spiro atoms. The molecule has 0 saturated carbocycles. The topological polar surface area (TPSA) is 101 Å². The van der Waals surface area contributed by atoms with E-state index < -0.39 is 22.6 Å². The van der Waals surface area contributed by atoms with Crippen molar-refractivity contribution < 1.29 is 21.6 Å². The van der Waals surface area contributed by atoms with Crippen LogP contribution in [0.1, 0.15) is 23.3 Å². The number of benzene rings is 1. The second-order valence-corrected chi connectivity index (χ2v) is 11.0. The monoisotopic (exact) mass is 519 g/mol. The van der Waals surface area contributed by atoms with Crippen LogP contribution in [0.2, 0.25) is 5.02 Å². The van der Waals surface area contributed by atoms with Crippen LogP contribution < -0.4 is 10.5 Å². The maximum atomic E-state index is 12.7. The summed E-state index contributed by atoms with van der Waals surface area (Å²) in [5.74, 6) is 0.546. The second kappa shape index (κ2) is 9.34. The average molecular weight is 520 g/mol. The first-order valence-electron chi connectivity index (χ1n) is 10.1. The predicted octanol–water partition coefficient (Wildman–Crippen LogP) is 4.17. The molecule has 7 nitrogen and oxygen atoms in total. The van der Waals surface area contributed by atoms with E-state index in [0.717, 1.165) is 42.8 Å². The van der Waals surface area contributed by atoms with Crippen LogP contribution in [-0.4, -0.2) is 48.6 Å². The van der Waals surface area contributed by atoms with Crippen LogP contribution in [-0.2, 0) is 23.0 Å². The minimum atomic E-state index is -4.27. The highest BCUT2D eigenvalue weighted by Crippen LogP contribution is 2.33. The Morgan fingerprint density at radius 1 is 1.21 bits per heavy atom. The van der Waals surface area contributed by atoms with Crippen LogP contribution in [0, 0.1) is 0 Å². The van der Waals surface area contributed by atoms with Gasteiger partial charge in [-0.15, -0.1) is 11.3 Å². The van der Waals surface area contributed by atoms with E-state index >= 15 is 0 Å². The highest BCUT2D eigenvalue weighted by Gasteiger charge is 2.29. The van der Waals surface area contributed by atoms with Gasteiger partial charge in [-0.1, -0.05) is 17.7 Å². The van der Waals surface area contributed by atoms with E-state index in [4.69, 9.17) is 16.7 Å². The number of nitrogens with one attached hydrogen (secondary N) is 1. The molecule has 1 aromatic carbocycles. The fraction of sp³-hybridized carbons (Fsp3) is 0.400.